The quantitative estimate of drug-likeness (QED) is 0.649. The number of nitrogen functional groups attached to an aromatic ring is 1. The van der Waals surface area contributed by atoms with Crippen molar-refractivity contribution in [2.45, 2.75) is 24.6 Å². The van der Waals surface area contributed by atoms with Gasteiger partial charge in [-0.15, -0.1) is 0 Å². The maximum absolute atomic E-state index is 13.7. The van der Waals surface area contributed by atoms with Crippen molar-refractivity contribution in [3.05, 3.63) is 11.6 Å². The Kier molecular flexibility index (Phi) is 3.21. The zero-order valence-corrected chi connectivity index (χ0v) is 10.8. The molecule has 4 atom stereocenters. The summed E-state index contributed by atoms with van der Waals surface area (Å²) in [6.07, 6.45) is -4.05. The molecule has 0 bridgehead atoms. The second kappa shape index (κ2) is 4.77. The fourth-order valence-electron chi connectivity index (χ4n) is 2.18. The molecular weight excluding hydrogens is 292 g/mol. The molecule has 0 amide bonds. The number of aromatic nitrogens is 4. The molecule has 0 aromatic carbocycles. The average molecular weight is 303 g/mol. The van der Waals surface area contributed by atoms with Crippen molar-refractivity contribution < 1.29 is 19.3 Å². The Hall–Kier alpha value is -1.55. The number of fused-ring (bicyclic) bond motifs is 1. The summed E-state index contributed by atoms with van der Waals surface area (Å²) in [4.78, 5) is 11.7. The summed E-state index contributed by atoms with van der Waals surface area (Å²) >= 11 is 5.72. The van der Waals surface area contributed by atoms with Crippen LogP contribution in [0.25, 0.3) is 11.2 Å². The second-order valence-corrected chi connectivity index (χ2v) is 4.72. The van der Waals surface area contributed by atoms with Crippen LogP contribution in [0.15, 0.2) is 6.33 Å². The van der Waals surface area contributed by atoms with E-state index < -0.39 is 31.2 Å². The predicted molar refractivity (Wildman–Crippen MR) is 66.6 cm³/mol. The Morgan fingerprint density at radius 3 is 2.90 bits per heavy atom. The number of ether oxygens (including phenoxy) is 1. The molecule has 1 aliphatic heterocycles. The van der Waals surface area contributed by atoms with Crippen LogP contribution >= 0.6 is 11.6 Å². The Morgan fingerprint density at radius 2 is 2.25 bits per heavy atom. The number of alkyl halides is 1. The van der Waals surface area contributed by atoms with Crippen molar-refractivity contribution in [1.29, 1.82) is 0 Å². The van der Waals surface area contributed by atoms with Crippen LogP contribution in [0.1, 0.15) is 6.23 Å². The lowest BCUT2D eigenvalue weighted by molar-refractivity contribution is -0.0495. The van der Waals surface area contributed by atoms with Gasteiger partial charge in [0.25, 0.3) is 0 Å². The van der Waals surface area contributed by atoms with Gasteiger partial charge in [0.1, 0.15) is 17.7 Å². The molecule has 2 aromatic rings. The molecule has 20 heavy (non-hydrogen) atoms. The minimum Gasteiger partial charge on any atom is -0.394 e. The molecule has 0 aliphatic carbocycles. The molecule has 1 saturated heterocycles. The van der Waals surface area contributed by atoms with Gasteiger partial charge in [0.2, 0.25) is 5.28 Å². The average Bonchev–Trinajstić information content (AvgIpc) is 2.93. The van der Waals surface area contributed by atoms with Crippen LogP contribution in [0, 0.1) is 0 Å². The number of imidazole rings is 1. The molecule has 108 valence electrons. The first-order valence-corrected chi connectivity index (χ1v) is 6.14. The van der Waals surface area contributed by atoms with Crippen LogP contribution in [0.5, 0.6) is 0 Å². The molecule has 3 rings (SSSR count). The molecule has 0 saturated carbocycles. The van der Waals surface area contributed by atoms with Gasteiger partial charge in [0.05, 0.1) is 12.9 Å². The van der Waals surface area contributed by atoms with Gasteiger partial charge in [-0.05, 0) is 11.6 Å². The van der Waals surface area contributed by atoms with Crippen molar-refractivity contribution in [2.75, 3.05) is 12.3 Å². The molecule has 1 fully saturated rings. The monoisotopic (exact) mass is 302 g/mol. The van der Waals surface area contributed by atoms with E-state index in [1.54, 1.807) is 0 Å². The predicted octanol–water partition coefficient (Wildman–Crippen LogP) is -0.349. The third-order valence-corrected chi connectivity index (χ3v) is 3.33. The van der Waals surface area contributed by atoms with Crippen LogP contribution in [0.4, 0.5) is 10.2 Å². The highest BCUT2D eigenvalue weighted by Crippen LogP contribution is 2.33. The van der Waals surface area contributed by atoms with Crippen molar-refractivity contribution in [1.82, 2.24) is 19.5 Å². The molecule has 10 heteroatoms. The molecule has 0 spiro atoms. The highest BCUT2D eigenvalue weighted by Gasteiger charge is 2.45. The number of aliphatic hydroxyl groups excluding tert-OH is 2. The van der Waals surface area contributed by atoms with E-state index in [4.69, 9.17) is 27.2 Å². The maximum Gasteiger partial charge on any atom is 0.226 e. The lowest BCUT2D eigenvalue weighted by atomic mass is 10.1. The molecule has 8 nitrogen and oxygen atoms in total. The first-order valence-electron chi connectivity index (χ1n) is 5.77. The van der Waals surface area contributed by atoms with Crippen molar-refractivity contribution >= 4 is 28.6 Å². The number of anilines is 1. The highest BCUT2D eigenvalue weighted by molar-refractivity contribution is 6.28. The Labute approximate surface area is 117 Å². The van der Waals surface area contributed by atoms with E-state index in [-0.39, 0.29) is 22.3 Å². The molecule has 2 aromatic heterocycles. The summed E-state index contributed by atoms with van der Waals surface area (Å²) in [5.41, 5.74) is 6.15. The van der Waals surface area contributed by atoms with Crippen LogP contribution in [-0.4, -0.2) is 54.7 Å². The van der Waals surface area contributed by atoms with Gasteiger partial charge >= 0.3 is 0 Å². The van der Waals surface area contributed by atoms with Gasteiger partial charge < -0.3 is 20.7 Å². The van der Waals surface area contributed by atoms with E-state index >= 15 is 0 Å². The summed E-state index contributed by atoms with van der Waals surface area (Å²) in [7, 11) is 0. The van der Waals surface area contributed by atoms with E-state index in [0.717, 1.165) is 0 Å². The number of aliphatic hydroxyl groups is 2. The van der Waals surface area contributed by atoms with Crippen molar-refractivity contribution in [3.63, 3.8) is 0 Å². The Bertz CT molecular complexity index is 653. The fourth-order valence-corrected chi connectivity index (χ4v) is 2.35. The zero-order valence-electron chi connectivity index (χ0n) is 10.0. The molecule has 3 heterocycles. The SMILES string of the molecule is Nc1nc(Cl)nc2c1ncn2[C@H]1O[C@@H](CO)[C@@H]([18F])C1O. The third-order valence-electron chi connectivity index (χ3n) is 3.16. The third kappa shape index (κ3) is 1.90. The summed E-state index contributed by atoms with van der Waals surface area (Å²) < 4.78 is 20.3. The van der Waals surface area contributed by atoms with Crippen LogP contribution in [0.2, 0.25) is 5.28 Å². The van der Waals surface area contributed by atoms with Gasteiger partial charge in [0, 0.05) is 0 Å². The standard InChI is InChI=1S/C10H11ClFN5O3/c11-10-15-7(13)5-8(16-10)17(2-14-5)9-6(19)4(12)3(1-18)20-9/h2-4,6,9,18-19H,1H2,(H2,13,15,16)/t3-,4+,6?,9-/m0/s1/i12-1. The normalized spacial score (nSPS) is 30.2. The molecule has 4 N–H and O–H groups in total. The Balaban J connectivity index is 2.07. The molecular formula is C10H11ClFN5O3. The number of hydrogen-bond acceptors (Lipinski definition) is 7. The molecule has 1 unspecified atom stereocenters. The zero-order chi connectivity index (χ0) is 14.4. The summed E-state index contributed by atoms with van der Waals surface area (Å²) in [5, 5.41) is 18.8. The van der Waals surface area contributed by atoms with E-state index in [9.17, 15) is 9.50 Å². The minimum absolute atomic E-state index is 0.0711. The minimum atomic E-state index is -1.71. The number of halogens is 2. The molecule has 1 aliphatic rings. The van der Waals surface area contributed by atoms with Gasteiger partial charge in [-0.3, -0.25) is 4.57 Å². The first kappa shape index (κ1) is 13.4. The fraction of sp³-hybridized carbons (Fsp3) is 0.500. The van der Waals surface area contributed by atoms with Gasteiger partial charge in [0.15, 0.2) is 23.9 Å². The largest absolute Gasteiger partial charge is 0.394 e. The van der Waals surface area contributed by atoms with Crippen LogP contribution in [-0.2, 0) is 4.74 Å². The van der Waals surface area contributed by atoms with Gasteiger partial charge in [-0.2, -0.15) is 9.97 Å². The van der Waals surface area contributed by atoms with E-state index in [1.807, 2.05) is 0 Å². The number of nitrogens with two attached hydrogens (primary N) is 1. The van der Waals surface area contributed by atoms with Crippen LogP contribution < -0.4 is 5.73 Å². The van der Waals surface area contributed by atoms with E-state index in [0.29, 0.717) is 0 Å². The van der Waals surface area contributed by atoms with Gasteiger partial charge in [-0.25, -0.2) is 9.37 Å². The molecule has 0 radical (unpaired) electrons. The lowest BCUT2D eigenvalue weighted by Gasteiger charge is -2.16. The highest BCUT2D eigenvalue weighted by atomic mass is 35.5. The second-order valence-electron chi connectivity index (χ2n) is 4.38. The number of hydrogen-bond donors (Lipinski definition) is 3. The van der Waals surface area contributed by atoms with E-state index in [1.165, 1.54) is 10.9 Å². The Morgan fingerprint density at radius 1 is 1.50 bits per heavy atom. The lowest BCUT2D eigenvalue weighted by Crippen LogP contribution is -2.29. The van der Waals surface area contributed by atoms with Crippen molar-refractivity contribution in [3.8, 4) is 0 Å². The summed E-state index contributed by atoms with van der Waals surface area (Å²) in [5.74, 6) is 0.0711. The summed E-state index contributed by atoms with van der Waals surface area (Å²) in [6, 6.07) is 0. The number of nitrogens with zero attached hydrogens (tertiary/aromatic N) is 4. The van der Waals surface area contributed by atoms with Crippen molar-refractivity contribution in [2.24, 2.45) is 0 Å². The first-order chi connectivity index (χ1) is 9.52. The summed E-state index contributed by atoms with van der Waals surface area (Å²) in [6.45, 7) is -0.542. The smallest absolute Gasteiger partial charge is 0.226 e. The van der Waals surface area contributed by atoms with Crippen LogP contribution in [0.3, 0.4) is 0 Å². The van der Waals surface area contributed by atoms with E-state index in [2.05, 4.69) is 15.0 Å². The topological polar surface area (TPSA) is 119 Å². The van der Waals surface area contributed by atoms with Gasteiger partial charge in [-0.1, -0.05) is 0 Å². The maximum atomic E-state index is 13.7. The number of rotatable bonds is 2.